The van der Waals surface area contributed by atoms with Crippen LogP contribution in [0.4, 0.5) is 0 Å². The predicted octanol–water partition coefficient (Wildman–Crippen LogP) is 7.42. The Morgan fingerprint density at radius 1 is 0.788 bits per heavy atom. The van der Waals surface area contributed by atoms with E-state index >= 15 is 0 Å². The second-order valence-electron chi connectivity index (χ2n) is 10.4. The number of aromatic hydroxyl groups is 1. The lowest BCUT2D eigenvalue weighted by Crippen LogP contribution is -2.26. The molecule has 0 saturated carbocycles. The smallest absolute Gasteiger partial charge is 0.211 e. The lowest BCUT2D eigenvalue weighted by molar-refractivity contribution is -0.0246. The molecule has 7 rings (SSSR count). The third-order valence-electron chi connectivity index (χ3n) is 6.91. The number of aliphatic hydroxyl groups excluding tert-OH is 2. The van der Waals surface area contributed by atoms with Crippen molar-refractivity contribution < 1.29 is 42.7 Å². The Morgan fingerprint density at radius 3 is 1.79 bits per heavy atom. The van der Waals surface area contributed by atoms with Gasteiger partial charge < -0.3 is 28.9 Å². The molecule has 52 heavy (non-hydrogen) atoms. The minimum absolute atomic E-state index is 0.0446. The summed E-state index contributed by atoms with van der Waals surface area (Å²) in [6.45, 7) is 1.14. The van der Waals surface area contributed by atoms with Gasteiger partial charge in [-0.2, -0.15) is 0 Å². The van der Waals surface area contributed by atoms with E-state index in [2.05, 4.69) is 21.4 Å². The van der Waals surface area contributed by atoms with Gasteiger partial charge in [-0.05, 0) is 55.5 Å². The van der Waals surface area contributed by atoms with Gasteiger partial charge in [0.05, 0.1) is 58.2 Å². The number of Topliss-reactive ketones (excluding diaryl/α,β-unsaturated/α-hetero) is 2. The van der Waals surface area contributed by atoms with Gasteiger partial charge in [0.15, 0.2) is 22.4 Å². The van der Waals surface area contributed by atoms with Gasteiger partial charge in [-0.25, -0.2) is 4.21 Å². The van der Waals surface area contributed by atoms with Crippen molar-refractivity contribution in [3.63, 3.8) is 0 Å². The number of hydrogen-bond acceptors (Lipinski definition) is 11. The summed E-state index contributed by atoms with van der Waals surface area (Å²) in [6, 6.07) is 27.5. The summed E-state index contributed by atoms with van der Waals surface area (Å²) >= 11 is 5.57. The van der Waals surface area contributed by atoms with Crippen molar-refractivity contribution in [2.75, 3.05) is 0 Å². The summed E-state index contributed by atoms with van der Waals surface area (Å²) in [4.78, 5) is 45.1. The van der Waals surface area contributed by atoms with Gasteiger partial charge in [0.25, 0.3) is 0 Å². The lowest BCUT2D eigenvalue weighted by Gasteiger charge is -2.20. The van der Waals surface area contributed by atoms with Crippen LogP contribution >= 0.6 is 33.0 Å². The molecule has 2 aromatic heterocycles. The second kappa shape index (κ2) is 20.9. The van der Waals surface area contributed by atoms with Crippen LogP contribution in [-0.4, -0.2) is 37.4 Å². The van der Waals surface area contributed by atoms with Crippen molar-refractivity contribution in [3.05, 3.63) is 152 Å². The first-order valence-electron chi connectivity index (χ1n) is 15.0. The maximum atomic E-state index is 11.6. The molecule has 1 aliphatic heterocycles. The highest BCUT2D eigenvalue weighted by molar-refractivity contribution is 8.26. The van der Waals surface area contributed by atoms with Crippen LogP contribution in [0.1, 0.15) is 45.2 Å². The quantitative estimate of drug-likeness (QED) is 0.0922. The van der Waals surface area contributed by atoms with E-state index in [1.165, 1.54) is 25.5 Å². The molecule has 6 aromatic rings. The number of halogens is 3. The average molecular weight is 790 g/mol. The summed E-state index contributed by atoms with van der Waals surface area (Å²) < 4.78 is 24.5. The third-order valence-corrected chi connectivity index (χ3v) is 7.20. The number of alkyl halides is 1. The molecule has 0 fully saturated rings. The zero-order valence-corrected chi connectivity index (χ0v) is 30.3. The SMILES string of the molecule is CC(=O)c1ccccc1O.O=C1CC(O)Oc2ccccc21.O=S(Cl)Cl.O=c1c(CCl)coc2ccccc12.O=c1c(CO)coc2ccccc12. The molecule has 15 heteroatoms. The first-order valence-corrected chi connectivity index (χ1v) is 18.4. The maximum absolute atomic E-state index is 11.6. The van der Waals surface area contributed by atoms with Gasteiger partial charge in [0.1, 0.15) is 28.9 Å². The zero-order valence-electron chi connectivity index (χ0n) is 27.2. The average Bonchev–Trinajstić information content (AvgIpc) is 3.13. The number of hydrogen-bond donors (Lipinski definition) is 3. The fourth-order valence-electron chi connectivity index (χ4n) is 4.47. The van der Waals surface area contributed by atoms with Gasteiger partial charge in [-0.3, -0.25) is 19.2 Å². The van der Waals surface area contributed by atoms with Gasteiger partial charge in [-0.15, -0.1) is 11.6 Å². The Balaban J connectivity index is 0.000000181. The lowest BCUT2D eigenvalue weighted by atomic mass is 10.0. The normalized spacial score (nSPS) is 12.7. The molecule has 0 saturated heterocycles. The van der Waals surface area contributed by atoms with Crippen LogP contribution in [0, 0.1) is 0 Å². The van der Waals surface area contributed by atoms with Crippen molar-refractivity contribution >= 4 is 75.7 Å². The molecule has 0 bridgehead atoms. The highest BCUT2D eigenvalue weighted by atomic mass is 36.0. The third kappa shape index (κ3) is 12.2. The highest BCUT2D eigenvalue weighted by Crippen LogP contribution is 2.26. The van der Waals surface area contributed by atoms with E-state index in [4.69, 9.17) is 44.7 Å². The summed E-state index contributed by atoms with van der Waals surface area (Å²) in [7, 11) is 7.36. The van der Waals surface area contributed by atoms with Crippen LogP contribution < -0.4 is 15.6 Å². The minimum Gasteiger partial charge on any atom is -0.507 e. The van der Waals surface area contributed by atoms with E-state index in [0.29, 0.717) is 49.9 Å². The number of benzene rings is 4. The van der Waals surface area contributed by atoms with E-state index in [1.54, 1.807) is 84.9 Å². The Kier molecular flexibility index (Phi) is 16.7. The molecule has 1 unspecified atom stereocenters. The fraction of sp³-hybridized carbons (Fsp3) is 0.135. The van der Waals surface area contributed by atoms with Gasteiger partial charge in [0.2, 0.25) is 15.5 Å². The number of para-hydroxylation sites is 4. The van der Waals surface area contributed by atoms with Crippen molar-refractivity contribution in [2.45, 2.75) is 32.1 Å². The van der Waals surface area contributed by atoms with E-state index < -0.39 is 15.5 Å². The van der Waals surface area contributed by atoms with E-state index in [9.17, 15) is 19.2 Å². The monoisotopic (exact) mass is 788 g/mol. The van der Waals surface area contributed by atoms with E-state index in [-0.39, 0.29) is 47.1 Å². The molecule has 4 aromatic carbocycles. The molecule has 3 heterocycles. The van der Waals surface area contributed by atoms with Crippen molar-refractivity contribution in [3.8, 4) is 11.5 Å². The largest absolute Gasteiger partial charge is 0.507 e. The fourth-order valence-corrected chi connectivity index (χ4v) is 4.65. The molecular weight excluding hydrogens is 759 g/mol. The Labute approximate surface area is 313 Å². The van der Waals surface area contributed by atoms with E-state index in [0.717, 1.165) is 0 Å². The molecule has 1 atom stereocenters. The zero-order chi connectivity index (χ0) is 38.2. The van der Waals surface area contributed by atoms with Crippen LogP contribution in [0.3, 0.4) is 0 Å². The number of carbonyl (C=O) groups excluding carboxylic acids is 2. The van der Waals surface area contributed by atoms with Gasteiger partial charge in [-0.1, -0.05) is 48.5 Å². The summed E-state index contributed by atoms with van der Waals surface area (Å²) in [5.41, 5.74) is 2.66. The topological polar surface area (TPSA) is 182 Å². The summed E-state index contributed by atoms with van der Waals surface area (Å²) in [5, 5.41) is 28.1. The first-order chi connectivity index (χ1) is 24.9. The van der Waals surface area contributed by atoms with Crippen LogP contribution in [0.15, 0.2) is 128 Å². The highest BCUT2D eigenvalue weighted by Gasteiger charge is 2.23. The van der Waals surface area contributed by atoms with Crippen LogP contribution in [-0.2, 0) is 21.7 Å². The van der Waals surface area contributed by atoms with Crippen molar-refractivity contribution in [1.29, 1.82) is 0 Å². The summed E-state index contributed by atoms with van der Waals surface area (Å²) in [5.74, 6) is 0.534. The van der Waals surface area contributed by atoms with Crippen LogP contribution in [0.25, 0.3) is 21.9 Å². The van der Waals surface area contributed by atoms with Crippen LogP contribution in [0.5, 0.6) is 11.5 Å². The molecule has 1 aliphatic rings. The minimum atomic E-state index is -1.67. The number of carbonyl (C=O) groups is 2. The Hall–Kier alpha value is -4.82. The number of phenols is 1. The van der Waals surface area contributed by atoms with Gasteiger partial charge in [0, 0.05) is 21.4 Å². The van der Waals surface area contributed by atoms with Crippen LogP contribution in [0.2, 0.25) is 0 Å². The maximum Gasteiger partial charge on any atom is 0.211 e. The number of aliphatic hydroxyl groups is 2. The number of rotatable bonds is 3. The molecule has 0 spiro atoms. The number of ketones is 2. The molecular formula is C37H31Cl3O11S. The molecule has 272 valence electrons. The van der Waals surface area contributed by atoms with Crippen molar-refractivity contribution in [2.24, 2.45) is 0 Å². The molecule has 0 amide bonds. The summed E-state index contributed by atoms with van der Waals surface area (Å²) in [6.07, 6.45) is 1.78. The number of ether oxygens (including phenoxy) is 1. The molecule has 0 radical (unpaired) electrons. The molecule has 3 N–H and O–H groups in total. The number of phenolic OH excluding ortho intramolecular Hbond substituents is 1. The molecule has 0 aliphatic carbocycles. The van der Waals surface area contributed by atoms with E-state index in [1.807, 2.05) is 6.07 Å². The Morgan fingerprint density at radius 2 is 1.27 bits per heavy atom. The molecule has 11 nitrogen and oxygen atoms in total. The van der Waals surface area contributed by atoms with Crippen molar-refractivity contribution in [1.82, 2.24) is 0 Å². The predicted molar refractivity (Wildman–Crippen MR) is 200 cm³/mol. The standard InChI is InChI=1S/C10H7ClO2.C10H8O3.C9H8O3.C8H8O2.Cl2OS/c2*11-5-7-6-13-9-4-2-1-3-8(9)10(7)12;10-7-5-9(11)12-8-4-2-1-3-6(7)8;1-6(9)7-4-2-3-5-8(7)10;1-4(2)3/h1-4,6H,5H2;1-4,6,11H,5H2;1-4,9,11H,5H2;2-5,10H,1H3;. The van der Waals surface area contributed by atoms with Gasteiger partial charge >= 0.3 is 0 Å². The number of fused-ring (bicyclic) bond motifs is 3. The first kappa shape index (κ1) is 41.6. The Bertz CT molecular complexity index is 2170. The second-order valence-corrected chi connectivity index (χ2v) is 13.2.